The molecule has 0 aliphatic rings. The number of hydrogen-bond donors (Lipinski definition) is 0. The fourth-order valence-corrected chi connectivity index (χ4v) is 0.412. The second kappa shape index (κ2) is 4.09. The van der Waals surface area contributed by atoms with Crippen LogP contribution in [0.3, 0.4) is 0 Å². The Morgan fingerprint density at radius 2 is 2.00 bits per heavy atom. The highest BCUT2D eigenvalue weighted by molar-refractivity contribution is 5.81. The van der Waals surface area contributed by atoms with Crippen LogP contribution in [0, 0.1) is 0 Å². The molecule has 0 amide bonds. The summed E-state index contributed by atoms with van der Waals surface area (Å²) >= 11 is 0. The molecule has 0 rings (SSSR count). The van der Waals surface area contributed by atoms with Crippen molar-refractivity contribution in [3.63, 3.8) is 0 Å². The lowest BCUT2D eigenvalue weighted by atomic mass is 10.3. The van der Waals surface area contributed by atoms with Gasteiger partial charge in [-0.15, -0.1) is 0 Å². The Morgan fingerprint density at radius 1 is 1.50 bits per heavy atom. The maximum atomic E-state index is 4.25. The molecule has 0 aliphatic heterocycles. The van der Waals surface area contributed by atoms with Gasteiger partial charge in [0.1, 0.15) is 0 Å². The normalized spacial score (nSPS) is 11.4. The first kappa shape index (κ1) is 9.21. The fourth-order valence-electron chi connectivity index (χ4n) is 0.412. The first-order valence-corrected chi connectivity index (χ1v) is 3.51. The van der Waals surface area contributed by atoms with Crippen molar-refractivity contribution in [1.82, 2.24) is 5.01 Å². The monoisotopic (exact) mass is 140 g/mol. The predicted octanol–water partition coefficient (Wildman–Crippen LogP) is 2.24. The van der Waals surface area contributed by atoms with Crippen molar-refractivity contribution in [2.24, 2.45) is 5.10 Å². The topological polar surface area (TPSA) is 15.6 Å². The van der Waals surface area contributed by atoms with E-state index in [1.54, 1.807) is 5.01 Å². The Kier molecular flexibility index (Phi) is 3.77. The third-order valence-electron chi connectivity index (χ3n) is 1.38. The van der Waals surface area contributed by atoms with Gasteiger partial charge in [-0.2, -0.15) is 5.10 Å². The zero-order chi connectivity index (χ0) is 8.15. The molecule has 0 heterocycles. The molecular formula is C8H16N2. The average Bonchev–Trinajstić information content (AvgIpc) is 1.87. The quantitative estimate of drug-likeness (QED) is 0.433. The molecule has 0 aromatic heterocycles. The standard InChI is InChI=1S/C8H16N2/c1-6-8(4)9-10(5)7(2)3/h2,6H2,1,3-5H3/b9-8+. The number of hydrazone groups is 1. The largest absolute Gasteiger partial charge is 0.274 e. The number of nitrogens with zero attached hydrogens (tertiary/aromatic N) is 2. The van der Waals surface area contributed by atoms with Crippen molar-refractivity contribution < 1.29 is 0 Å². The van der Waals surface area contributed by atoms with E-state index in [1.165, 1.54) is 0 Å². The van der Waals surface area contributed by atoms with Crippen LogP contribution in [0.2, 0.25) is 0 Å². The molecule has 0 radical (unpaired) electrons. The third kappa shape index (κ3) is 3.28. The van der Waals surface area contributed by atoms with Crippen molar-refractivity contribution in [3.05, 3.63) is 12.3 Å². The number of rotatable bonds is 3. The summed E-state index contributed by atoms with van der Waals surface area (Å²) in [6, 6.07) is 0. The highest BCUT2D eigenvalue weighted by Crippen LogP contribution is 1.97. The fraction of sp³-hybridized carbons (Fsp3) is 0.625. The van der Waals surface area contributed by atoms with E-state index in [0.29, 0.717) is 0 Å². The van der Waals surface area contributed by atoms with Gasteiger partial charge in [0.15, 0.2) is 0 Å². The van der Waals surface area contributed by atoms with Crippen LogP contribution in [0.5, 0.6) is 0 Å². The first-order chi connectivity index (χ1) is 4.57. The van der Waals surface area contributed by atoms with Crippen LogP contribution in [0.25, 0.3) is 0 Å². The highest BCUT2D eigenvalue weighted by Gasteiger charge is 1.92. The summed E-state index contributed by atoms with van der Waals surface area (Å²) in [7, 11) is 1.90. The van der Waals surface area contributed by atoms with Crippen LogP contribution in [-0.2, 0) is 0 Å². The summed E-state index contributed by atoms with van der Waals surface area (Å²) in [5.41, 5.74) is 2.10. The summed E-state index contributed by atoms with van der Waals surface area (Å²) in [5.74, 6) is 0. The summed E-state index contributed by atoms with van der Waals surface area (Å²) in [6.45, 7) is 9.80. The zero-order valence-electron chi connectivity index (χ0n) is 7.31. The van der Waals surface area contributed by atoms with E-state index < -0.39 is 0 Å². The molecule has 0 saturated carbocycles. The van der Waals surface area contributed by atoms with Crippen LogP contribution in [0.15, 0.2) is 17.4 Å². The van der Waals surface area contributed by atoms with Crippen LogP contribution in [-0.4, -0.2) is 17.8 Å². The Bertz CT molecular complexity index is 147. The van der Waals surface area contributed by atoms with Gasteiger partial charge in [-0.3, -0.25) is 5.01 Å². The molecule has 0 bridgehead atoms. The van der Waals surface area contributed by atoms with E-state index in [4.69, 9.17) is 0 Å². The summed E-state index contributed by atoms with van der Waals surface area (Å²) < 4.78 is 0. The predicted molar refractivity (Wildman–Crippen MR) is 46.0 cm³/mol. The maximum Gasteiger partial charge on any atom is 0.0351 e. The minimum absolute atomic E-state index is 0.966. The molecule has 0 atom stereocenters. The van der Waals surface area contributed by atoms with Gasteiger partial charge in [-0.1, -0.05) is 13.5 Å². The van der Waals surface area contributed by atoms with Crippen molar-refractivity contribution in [1.29, 1.82) is 0 Å². The van der Waals surface area contributed by atoms with Crippen LogP contribution in [0.4, 0.5) is 0 Å². The Morgan fingerprint density at radius 3 is 2.30 bits per heavy atom. The lowest BCUT2D eigenvalue weighted by Crippen LogP contribution is -2.09. The highest BCUT2D eigenvalue weighted by atomic mass is 15.4. The molecule has 0 N–H and O–H groups in total. The molecule has 2 nitrogen and oxygen atoms in total. The van der Waals surface area contributed by atoms with Crippen molar-refractivity contribution in [3.8, 4) is 0 Å². The smallest absolute Gasteiger partial charge is 0.0351 e. The van der Waals surface area contributed by atoms with Gasteiger partial charge in [-0.25, -0.2) is 0 Å². The zero-order valence-corrected chi connectivity index (χ0v) is 7.31. The SMILES string of the molecule is C=C(C)N(C)/N=C(\C)CC. The van der Waals surface area contributed by atoms with Gasteiger partial charge in [0.25, 0.3) is 0 Å². The van der Waals surface area contributed by atoms with Gasteiger partial charge in [-0.05, 0) is 20.3 Å². The van der Waals surface area contributed by atoms with Gasteiger partial charge in [0.05, 0.1) is 0 Å². The van der Waals surface area contributed by atoms with E-state index in [-0.39, 0.29) is 0 Å². The first-order valence-electron chi connectivity index (χ1n) is 3.51. The second-order valence-corrected chi connectivity index (χ2v) is 2.45. The average molecular weight is 140 g/mol. The van der Waals surface area contributed by atoms with Crippen molar-refractivity contribution in [2.75, 3.05) is 7.05 Å². The van der Waals surface area contributed by atoms with Gasteiger partial charge in [0, 0.05) is 18.5 Å². The van der Waals surface area contributed by atoms with Crippen LogP contribution < -0.4 is 0 Å². The minimum atomic E-state index is 0.966. The maximum absolute atomic E-state index is 4.25. The van der Waals surface area contributed by atoms with Crippen molar-refractivity contribution in [2.45, 2.75) is 27.2 Å². The molecule has 0 unspecified atom stereocenters. The molecule has 0 saturated heterocycles. The summed E-state index contributed by atoms with van der Waals surface area (Å²) in [4.78, 5) is 0. The molecule has 0 aromatic rings. The van der Waals surface area contributed by atoms with E-state index >= 15 is 0 Å². The van der Waals surface area contributed by atoms with E-state index in [2.05, 4.69) is 18.6 Å². The van der Waals surface area contributed by atoms with Gasteiger partial charge >= 0.3 is 0 Å². The van der Waals surface area contributed by atoms with Crippen LogP contribution in [0.1, 0.15) is 27.2 Å². The van der Waals surface area contributed by atoms with Crippen LogP contribution >= 0.6 is 0 Å². The number of allylic oxidation sites excluding steroid dienone is 1. The van der Waals surface area contributed by atoms with E-state index in [0.717, 1.165) is 17.8 Å². The second-order valence-electron chi connectivity index (χ2n) is 2.45. The molecule has 58 valence electrons. The van der Waals surface area contributed by atoms with Gasteiger partial charge < -0.3 is 0 Å². The van der Waals surface area contributed by atoms with Crippen molar-refractivity contribution >= 4 is 5.71 Å². The van der Waals surface area contributed by atoms with Gasteiger partial charge in [0.2, 0.25) is 0 Å². The lowest BCUT2D eigenvalue weighted by Gasteiger charge is -2.12. The molecule has 0 fully saturated rings. The lowest BCUT2D eigenvalue weighted by molar-refractivity contribution is 0.448. The Hall–Kier alpha value is -0.790. The molecule has 0 spiro atoms. The molecule has 0 aliphatic carbocycles. The molecular weight excluding hydrogens is 124 g/mol. The minimum Gasteiger partial charge on any atom is -0.274 e. The number of hydrogen-bond acceptors (Lipinski definition) is 2. The Balaban J connectivity index is 3.99. The summed E-state index contributed by atoms with van der Waals surface area (Å²) in [6.07, 6.45) is 0.998. The summed E-state index contributed by atoms with van der Waals surface area (Å²) in [5, 5.41) is 6.04. The third-order valence-corrected chi connectivity index (χ3v) is 1.38. The molecule has 2 heteroatoms. The van der Waals surface area contributed by atoms with E-state index in [1.807, 2.05) is 20.9 Å². The molecule has 0 aromatic carbocycles. The Labute approximate surface area is 63.2 Å². The molecule has 10 heavy (non-hydrogen) atoms. The van der Waals surface area contributed by atoms with E-state index in [9.17, 15) is 0 Å².